The lowest BCUT2D eigenvalue weighted by Crippen LogP contribution is -2.31. The number of fused-ring (bicyclic) bond motifs is 1. The van der Waals surface area contributed by atoms with Crippen LogP contribution < -0.4 is 20.7 Å². The molecular formula is C32H29N6O7S2-. The molecule has 13 nitrogen and oxygen atoms in total. The van der Waals surface area contributed by atoms with E-state index in [4.69, 9.17) is 5.73 Å². The highest BCUT2D eigenvalue weighted by Crippen LogP contribution is 2.41. The number of azo groups is 1. The van der Waals surface area contributed by atoms with Crippen molar-refractivity contribution in [2.75, 3.05) is 21.9 Å². The SMILES string of the molecule is CCN(c1ccc(NC(=O)NCc2ccccc2)cc1)S(=O)(=O)c1ccccc1N=Nc1c(N)ccc2cc(S(=O)(=O)[O-])cc(O)c12. The quantitative estimate of drug-likeness (QED) is 0.0785. The van der Waals surface area contributed by atoms with Crippen molar-refractivity contribution in [2.24, 2.45) is 10.2 Å². The molecule has 0 radical (unpaired) electrons. The summed E-state index contributed by atoms with van der Waals surface area (Å²) in [6.07, 6.45) is 0. The summed E-state index contributed by atoms with van der Waals surface area (Å²) < 4.78 is 63.6. The maximum atomic E-state index is 13.9. The summed E-state index contributed by atoms with van der Waals surface area (Å²) in [6, 6.07) is 25.9. The molecule has 15 heteroatoms. The Morgan fingerprint density at radius 3 is 2.26 bits per heavy atom. The number of phenols is 1. The zero-order valence-electron chi connectivity index (χ0n) is 24.9. The van der Waals surface area contributed by atoms with Crippen molar-refractivity contribution < 1.29 is 31.3 Å². The molecule has 0 aliphatic rings. The maximum Gasteiger partial charge on any atom is 0.319 e. The molecule has 0 unspecified atom stereocenters. The number of urea groups is 1. The molecule has 0 heterocycles. The smallest absolute Gasteiger partial charge is 0.319 e. The molecule has 47 heavy (non-hydrogen) atoms. The molecule has 5 N–H and O–H groups in total. The van der Waals surface area contributed by atoms with Crippen LogP contribution in [0, 0.1) is 0 Å². The Balaban J connectivity index is 1.40. The molecule has 0 saturated carbocycles. The highest BCUT2D eigenvalue weighted by atomic mass is 32.2. The van der Waals surface area contributed by atoms with Gasteiger partial charge in [0.25, 0.3) is 10.0 Å². The van der Waals surface area contributed by atoms with Crippen LogP contribution in [0.2, 0.25) is 0 Å². The van der Waals surface area contributed by atoms with Gasteiger partial charge in [-0.25, -0.2) is 21.6 Å². The second kappa shape index (κ2) is 13.5. The van der Waals surface area contributed by atoms with E-state index in [9.17, 15) is 31.3 Å². The van der Waals surface area contributed by atoms with Gasteiger partial charge in [0.15, 0.2) is 0 Å². The first kappa shape index (κ1) is 32.9. The number of nitrogens with zero attached hydrogens (tertiary/aromatic N) is 3. The third-order valence-electron chi connectivity index (χ3n) is 7.05. The predicted molar refractivity (Wildman–Crippen MR) is 178 cm³/mol. The Morgan fingerprint density at radius 1 is 0.894 bits per heavy atom. The van der Waals surface area contributed by atoms with Crippen LogP contribution in [0.5, 0.6) is 5.75 Å². The van der Waals surface area contributed by atoms with E-state index in [0.29, 0.717) is 17.9 Å². The van der Waals surface area contributed by atoms with Crippen molar-refractivity contribution in [2.45, 2.75) is 23.3 Å². The summed E-state index contributed by atoms with van der Waals surface area (Å²) >= 11 is 0. The Morgan fingerprint density at radius 2 is 1.57 bits per heavy atom. The molecule has 0 saturated heterocycles. The van der Waals surface area contributed by atoms with Gasteiger partial charge in [0.05, 0.1) is 21.7 Å². The van der Waals surface area contributed by atoms with Crippen LogP contribution in [0.3, 0.4) is 0 Å². The number of hydrogen-bond donors (Lipinski definition) is 4. The fourth-order valence-corrected chi connectivity index (χ4v) is 6.93. The average Bonchev–Trinajstić information content (AvgIpc) is 3.04. The van der Waals surface area contributed by atoms with Crippen molar-refractivity contribution in [1.82, 2.24) is 5.32 Å². The standard InChI is InChI=1S/C32H30N6O7S2/c1-2-38(24-15-13-23(14-16-24)35-32(40)34-20-21-8-4-3-5-9-21)46(41,42)29-11-7-6-10-27(29)36-37-31-26(33)17-12-22-18-25(47(43,44)45)19-28(39)30(22)31/h3-19,39H,2,20,33H2,1H3,(H2,34,35,40)(H,43,44,45)/p-1. The number of anilines is 3. The van der Waals surface area contributed by atoms with Crippen molar-refractivity contribution in [3.63, 3.8) is 0 Å². The Hall–Kier alpha value is -5.51. The number of nitrogens with two attached hydrogens (primary N) is 1. The molecule has 2 amide bonds. The molecule has 0 spiro atoms. The van der Waals surface area contributed by atoms with Gasteiger partial charge in [0, 0.05) is 18.8 Å². The lowest BCUT2D eigenvalue weighted by atomic mass is 10.1. The first-order valence-electron chi connectivity index (χ1n) is 14.1. The zero-order valence-corrected chi connectivity index (χ0v) is 26.5. The summed E-state index contributed by atoms with van der Waals surface area (Å²) in [4.78, 5) is 11.6. The normalized spacial score (nSPS) is 11.9. The van der Waals surface area contributed by atoms with E-state index < -0.39 is 36.8 Å². The van der Waals surface area contributed by atoms with Crippen LogP contribution in [0.15, 0.2) is 123 Å². The monoisotopic (exact) mass is 673 g/mol. The van der Waals surface area contributed by atoms with E-state index in [1.807, 2.05) is 30.3 Å². The van der Waals surface area contributed by atoms with Gasteiger partial charge >= 0.3 is 6.03 Å². The first-order valence-corrected chi connectivity index (χ1v) is 17.0. The molecule has 0 fully saturated rings. The van der Waals surface area contributed by atoms with Gasteiger partial charge in [0.1, 0.15) is 32.1 Å². The Labute approximate surface area is 271 Å². The number of hydrogen-bond acceptors (Lipinski definition) is 10. The molecule has 0 bridgehead atoms. The molecule has 0 atom stereocenters. The molecule has 0 aliphatic heterocycles. The molecule has 242 valence electrons. The number of amides is 2. The van der Waals surface area contributed by atoms with Crippen molar-refractivity contribution in [3.8, 4) is 5.75 Å². The van der Waals surface area contributed by atoms with Crippen molar-refractivity contribution >= 4 is 65.4 Å². The number of carbonyl (C=O) groups excluding carboxylic acids is 1. The summed E-state index contributed by atoms with van der Waals surface area (Å²) in [6.45, 7) is 2.07. The predicted octanol–water partition coefficient (Wildman–Crippen LogP) is 5.98. The van der Waals surface area contributed by atoms with Gasteiger partial charge in [-0.3, -0.25) is 4.31 Å². The van der Waals surface area contributed by atoms with Crippen molar-refractivity contribution in [1.29, 1.82) is 0 Å². The Kier molecular flexibility index (Phi) is 9.41. The summed E-state index contributed by atoms with van der Waals surface area (Å²) in [5.74, 6) is -0.567. The number of phenolic OH excluding ortho intramolecular Hbond substituents is 1. The second-order valence-electron chi connectivity index (χ2n) is 10.2. The van der Waals surface area contributed by atoms with Gasteiger partial charge in [-0.1, -0.05) is 48.5 Å². The summed E-state index contributed by atoms with van der Waals surface area (Å²) in [7, 11) is -9.06. The molecule has 0 aromatic heterocycles. The number of carbonyl (C=O) groups is 1. The van der Waals surface area contributed by atoms with Gasteiger partial charge in [0.2, 0.25) is 0 Å². The Bertz CT molecular complexity index is 2190. The number of aromatic hydroxyl groups is 1. The minimum atomic E-state index is -4.86. The number of nitrogens with one attached hydrogen (secondary N) is 2. The highest BCUT2D eigenvalue weighted by Gasteiger charge is 2.27. The topological polar surface area (TPSA) is 207 Å². The van der Waals surface area contributed by atoms with Crippen LogP contribution in [-0.4, -0.2) is 39.1 Å². The molecule has 5 aromatic carbocycles. The molecule has 0 aliphatic carbocycles. The second-order valence-corrected chi connectivity index (χ2v) is 13.4. The van der Waals surface area contributed by atoms with Gasteiger partial charge in [-0.2, -0.15) is 0 Å². The fourth-order valence-electron chi connectivity index (χ4n) is 4.80. The summed E-state index contributed by atoms with van der Waals surface area (Å²) in [5, 5.41) is 24.6. The van der Waals surface area contributed by atoms with Gasteiger partial charge in [-0.05, 0) is 72.5 Å². The largest absolute Gasteiger partial charge is 0.744 e. The zero-order chi connectivity index (χ0) is 33.8. The number of nitrogen functional groups attached to an aromatic ring is 1. The minimum absolute atomic E-state index is 0.0270. The number of benzene rings is 5. The van der Waals surface area contributed by atoms with E-state index >= 15 is 0 Å². The first-order chi connectivity index (χ1) is 22.4. The van der Waals surface area contributed by atoms with Crippen LogP contribution >= 0.6 is 0 Å². The van der Waals surface area contributed by atoms with Gasteiger partial charge in [-0.15, -0.1) is 10.2 Å². The fraction of sp³-hybridized carbons (Fsp3) is 0.0938. The van der Waals surface area contributed by atoms with Crippen LogP contribution in [-0.2, 0) is 26.7 Å². The molecule has 5 rings (SSSR count). The number of rotatable bonds is 10. The van der Waals surface area contributed by atoms with E-state index in [1.54, 1.807) is 37.3 Å². The lowest BCUT2D eigenvalue weighted by Gasteiger charge is -2.23. The highest BCUT2D eigenvalue weighted by molar-refractivity contribution is 7.93. The van der Waals surface area contributed by atoms with E-state index in [2.05, 4.69) is 20.9 Å². The molecular weight excluding hydrogens is 645 g/mol. The van der Waals surface area contributed by atoms with Crippen molar-refractivity contribution in [3.05, 3.63) is 109 Å². The summed E-state index contributed by atoms with van der Waals surface area (Å²) in [5.41, 5.74) is 7.80. The minimum Gasteiger partial charge on any atom is -0.744 e. The average molecular weight is 674 g/mol. The van der Waals surface area contributed by atoms with E-state index in [1.165, 1.54) is 34.6 Å². The van der Waals surface area contributed by atoms with E-state index in [0.717, 1.165) is 17.7 Å². The number of sulfonamides is 1. The van der Waals surface area contributed by atoms with Gasteiger partial charge < -0.3 is 26.0 Å². The molecule has 5 aromatic rings. The third-order valence-corrected chi connectivity index (χ3v) is 9.81. The van der Waals surface area contributed by atoms with E-state index in [-0.39, 0.29) is 39.3 Å². The van der Waals surface area contributed by atoms with Crippen LogP contribution in [0.4, 0.5) is 33.2 Å². The third kappa shape index (κ3) is 7.33. The maximum absolute atomic E-state index is 13.9. The van der Waals surface area contributed by atoms with Crippen LogP contribution in [0.25, 0.3) is 10.8 Å². The lowest BCUT2D eigenvalue weighted by molar-refractivity contribution is 0.251. The van der Waals surface area contributed by atoms with Crippen LogP contribution in [0.1, 0.15) is 12.5 Å².